The minimum atomic E-state index is -3.91. The van der Waals surface area contributed by atoms with Crippen LogP contribution in [-0.2, 0) is 15.6 Å². The smallest absolute Gasteiger partial charge is 0.296 e. The maximum Gasteiger partial charge on any atom is 0.296 e. The normalized spacial score (nSPS) is 13.6. The summed E-state index contributed by atoms with van der Waals surface area (Å²) >= 11 is 0. The Morgan fingerprint density at radius 3 is 2.68 bits per heavy atom. The van der Waals surface area contributed by atoms with E-state index >= 15 is 0 Å². The summed E-state index contributed by atoms with van der Waals surface area (Å²) < 4.78 is 26.1. The topological polar surface area (TPSA) is 82.7 Å². The summed E-state index contributed by atoms with van der Waals surface area (Å²) in [5.41, 5.74) is 0. The molecule has 0 aliphatic heterocycles. The van der Waals surface area contributed by atoms with Crippen LogP contribution in [0, 0.1) is 0 Å². The van der Waals surface area contributed by atoms with Crippen LogP contribution >= 0.6 is 10.7 Å². The van der Waals surface area contributed by atoms with Gasteiger partial charge in [0, 0.05) is 29.6 Å². The van der Waals surface area contributed by atoms with Gasteiger partial charge < -0.3 is 0 Å². The van der Waals surface area contributed by atoms with Gasteiger partial charge in [-0.05, 0) is 19.4 Å². The summed E-state index contributed by atoms with van der Waals surface area (Å²) in [6.45, 7) is 4.29. The maximum atomic E-state index is 11.5. The first-order chi connectivity index (χ1) is 8.95. The molecule has 0 saturated heterocycles. The summed E-state index contributed by atoms with van der Waals surface area (Å²) in [6, 6.07) is 1.57. The molecule has 0 aliphatic carbocycles. The molecule has 2 rings (SSSR count). The average molecular weight is 304 g/mol. The molecule has 0 spiro atoms. The first-order valence-electron chi connectivity index (χ1n) is 5.82. The van der Waals surface area contributed by atoms with Crippen LogP contribution in [0.5, 0.6) is 0 Å². The van der Waals surface area contributed by atoms with Gasteiger partial charge >= 0.3 is 0 Å². The van der Waals surface area contributed by atoms with Gasteiger partial charge in [-0.15, -0.1) is 10.2 Å². The molecule has 2 aromatic rings. The van der Waals surface area contributed by atoms with Gasteiger partial charge in [-0.3, -0.25) is 9.25 Å². The van der Waals surface area contributed by atoms with E-state index in [2.05, 4.69) is 15.3 Å². The molecular formula is C10H14ClN5O2S. The van der Waals surface area contributed by atoms with Crippen molar-refractivity contribution in [3.05, 3.63) is 24.3 Å². The average Bonchev–Trinajstić information content (AvgIpc) is 2.96. The minimum Gasteiger partial charge on any atom is -0.299 e. The Morgan fingerprint density at radius 2 is 2.16 bits per heavy atom. The van der Waals surface area contributed by atoms with E-state index in [0.717, 1.165) is 6.42 Å². The van der Waals surface area contributed by atoms with Crippen molar-refractivity contribution in [1.29, 1.82) is 0 Å². The molecule has 1 unspecified atom stereocenters. The summed E-state index contributed by atoms with van der Waals surface area (Å²) in [5, 5.41) is 11.5. The Hall–Kier alpha value is -1.41. The van der Waals surface area contributed by atoms with E-state index in [9.17, 15) is 8.42 Å². The van der Waals surface area contributed by atoms with Crippen molar-refractivity contribution in [2.24, 2.45) is 0 Å². The second-order valence-corrected chi connectivity index (χ2v) is 6.55. The lowest BCUT2D eigenvalue weighted by Crippen LogP contribution is -2.16. The first-order valence-corrected chi connectivity index (χ1v) is 8.13. The molecule has 1 atom stereocenters. The Bertz CT molecular complexity index is 650. The molecule has 0 saturated carbocycles. The molecule has 0 amide bonds. The predicted molar refractivity (Wildman–Crippen MR) is 69.4 cm³/mol. The van der Waals surface area contributed by atoms with Gasteiger partial charge in [-0.25, -0.2) is 8.42 Å². The molecule has 0 N–H and O–H groups in total. The Labute approximate surface area is 115 Å². The number of halogens is 1. The molecule has 104 valence electrons. The highest BCUT2D eigenvalue weighted by Crippen LogP contribution is 2.21. The molecular weight excluding hydrogens is 290 g/mol. The Balaban J connectivity index is 2.49. The van der Waals surface area contributed by atoms with Gasteiger partial charge in [-0.1, -0.05) is 6.92 Å². The molecule has 0 bridgehead atoms. The van der Waals surface area contributed by atoms with Crippen LogP contribution in [0.2, 0.25) is 0 Å². The third kappa shape index (κ3) is 2.79. The number of nitrogens with zero attached hydrogens (tertiary/aromatic N) is 5. The fourth-order valence-electron chi connectivity index (χ4n) is 1.85. The van der Waals surface area contributed by atoms with E-state index in [0.29, 0.717) is 12.4 Å². The van der Waals surface area contributed by atoms with Crippen LogP contribution in [-0.4, -0.2) is 33.0 Å². The quantitative estimate of drug-likeness (QED) is 0.780. The SMILES string of the molecule is CCCn1c(C(C)n2cccn2)nnc1S(=O)(=O)Cl. The van der Waals surface area contributed by atoms with Crippen LogP contribution in [0.15, 0.2) is 23.6 Å². The van der Waals surface area contributed by atoms with Crippen LogP contribution in [0.3, 0.4) is 0 Å². The molecule has 2 aromatic heterocycles. The molecule has 7 nitrogen and oxygen atoms in total. The predicted octanol–water partition coefficient (Wildman–Crippen LogP) is 1.42. The summed E-state index contributed by atoms with van der Waals surface area (Å²) in [5.74, 6) is 0.518. The van der Waals surface area contributed by atoms with E-state index in [1.165, 1.54) is 4.57 Å². The van der Waals surface area contributed by atoms with Crippen LogP contribution in [0.1, 0.15) is 32.1 Å². The minimum absolute atomic E-state index is 0.218. The van der Waals surface area contributed by atoms with Crippen molar-refractivity contribution in [2.45, 2.75) is 38.0 Å². The largest absolute Gasteiger partial charge is 0.299 e. The summed E-state index contributed by atoms with van der Waals surface area (Å²) in [4.78, 5) is 0. The van der Waals surface area contributed by atoms with Crippen molar-refractivity contribution in [1.82, 2.24) is 24.5 Å². The lowest BCUT2D eigenvalue weighted by molar-refractivity contribution is 0.484. The zero-order chi connectivity index (χ0) is 14.0. The van der Waals surface area contributed by atoms with Crippen LogP contribution < -0.4 is 0 Å². The molecule has 0 fully saturated rings. The second kappa shape index (κ2) is 5.30. The van der Waals surface area contributed by atoms with Crippen molar-refractivity contribution in [3.8, 4) is 0 Å². The van der Waals surface area contributed by atoms with E-state index in [4.69, 9.17) is 10.7 Å². The van der Waals surface area contributed by atoms with Gasteiger partial charge in [0.05, 0.1) is 0 Å². The summed E-state index contributed by atoms with van der Waals surface area (Å²) in [7, 11) is 1.46. The molecule has 0 aliphatic rings. The third-order valence-electron chi connectivity index (χ3n) is 2.71. The van der Waals surface area contributed by atoms with Gasteiger partial charge in [0.25, 0.3) is 14.2 Å². The zero-order valence-corrected chi connectivity index (χ0v) is 12.1. The molecule has 2 heterocycles. The summed E-state index contributed by atoms with van der Waals surface area (Å²) in [6.07, 6.45) is 4.18. The molecule has 0 radical (unpaired) electrons. The third-order valence-corrected chi connectivity index (χ3v) is 3.86. The van der Waals surface area contributed by atoms with E-state index in [1.54, 1.807) is 23.1 Å². The van der Waals surface area contributed by atoms with Crippen molar-refractivity contribution in [3.63, 3.8) is 0 Å². The van der Waals surface area contributed by atoms with Crippen molar-refractivity contribution in [2.75, 3.05) is 0 Å². The van der Waals surface area contributed by atoms with Gasteiger partial charge in [-0.2, -0.15) is 5.10 Å². The number of rotatable bonds is 5. The highest BCUT2D eigenvalue weighted by atomic mass is 35.7. The van der Waals surface area contributed by atoms with E-state index in [1.807, 2.05) is 13.8 Å². The molecule has 19 heavy (non-hydrogen) atoms. The maximum absolute atomic E-state index is 11.5. The zero-order valence-electron chi connectivity index (χ0n) is 10.6. The fourth-order valence-corrected chi connectivity index (χ4v) is 2.78. The fraction of sp³-hybridized carbons (Fsp3) is 0.500. The number of hydrogen-bond acceptors (Lipinski definition) is 5. The van der Waals surface area contributed by atoms with Crippen LogP contribution in [0.4, 0.5) is 0 Å². The van der Waals surface area contributed by atoms with Gasteiger partial charge in [0.2, 0.25) is 0 Å². The van der Waals surface area contributed by atoms with Crippen LogP contribution in [0.25, 0.3) is 0 Å². The van der Waals surface area contributed by atoms with E-state index < -0.39 is 9.05 Å². The first kappa shape index (κ1) is 14.0. The number of hydrogen-bond donors (Lipinski definition) is 0. The lowest BCUT2D eigenvalue weighted by atomic mass is 10.3. The van der Waals surface area contributed by atoms with Crippen molar-refractivity contribution < 1.29 is 8.42 Å². The highest BCUT2D eigenvalue weighted by molar-refractivity contribution is 8.13. The number of aromatic nitrogens is 5. The highest BCUT2D eigenvalue weighted by Gasteiger charge is 2.25. The molecule has 0 aromatic carbocycles. The standard InChI is InChI=1S/C10H14ClN5O2S/c1-3-6-15-9(8(2)16-7-4-5-12-16)13-14-10(15)19(11,17)18/h4-5,7-8H,3,6H2,1-2H3. The Morgan fingerprint density at radius 1 is 1.42 bits per heavy atom. The second-order valence-electron chi connectivity index (χ2n) is 4.09. The Kier molecular flexibility index (Phi) is 3.91. The monoisotopic (exact) mass is 303 g/mol. The van der Waals surface area contributed by atoms with Gasteiger partial charge in [0.1, 0.15) is 6.04 Å². The lowest BCUT2D eigenvalue weighted by Gasteiger charge is -2.13. The van der Waals surface area contributed by atoms with Crippen molar-refractivity contribution >= 4 is 19.7 Å². The van der Waals surface area contributed by atoms with Gasteiger partial charge in [0.15, 0.2) is 5.82 Å². The van der Waals surface area contributed by atoms with E-state index in [-0.39, 0.29) is 11.2 Å². The molecule has 9 heteroatoms.